The predicted molar refractivity (Wildman–Crippen MR) is 95.8 cm³/mol. The Labute approximate surface area is 146 Å². The molecule has 0 radical (unpaired) electrons. The van der Waals surface area contributed by atoms with Crippen molar-refractivity contribution >= 4 is 23.4 Å². The van der Waals surface area contributed by atoms with Crippen molar-refractivity contribution in [2.24, 2.45) is 0 Å². The van der Waals surface area contributed by atoms with E-state index in [1.807, 2.05) is 25.1 Å². The number of carbonyl (C=O) groups is 2. The zero-order valence-electron chi connectivity index (χ0n) is 13.5. The molecule has 4 heteroatoms. The smallest absolute Gasteiger partial charge is 0.327 e. The Morgan fingerprint density at radius 3 is 2.50 bits per heavy atom. The first-order valence-corrected chi connectivity index (χ1v) is 8.15. The van der Waals surface area contributed by atoms with Crippen LogP contribution in [0.5, 0.6) is 0 Å². The zero-order valence-corrected chi connectivity index (χ0v) is 14.2. The number of aliphatic carboxylic acids is 1. The maximum atomic E-state index is 12.7. The first-order valence-electron chi connectivity index (χ1n) is 7.77. The van der Waals surface area contributed by atoms with Crippen molar-refractivity contribution in [2.75, 3.05) is 0 Å². The molecule has 124 valence electrons. The minimum atomic E-state index is -0.929. The first kappa shape index (κ1) is 18.0. The Hall–Kier alpha value is -2.39. The largest absolute Gasteiger partial charge is 0.478 e. The van der Waals surface area contributed by atoms with Crippen LogP contribution in [0, 0.1) is 6.92 Å². The highest BCUT2D eigenvalue weighted by Crippen LogP contribution is 2.20. The molecule has 0 aromatic heterocycles. The van der Waals surface area contributed by atoms with E-state index < -0.39 is 5.97 Å². The van der Waals surface area contributed by atoms with Crippen molar-refractivity contribution in [2.45, 2.75) is 26.2 Å². The van der Waals surface area contributed by atoms with Gasteiger partial charge in [-0.15, -0.1) is 0 Å². The Morgan fingerprint density at radius 2 is 1.83 bits per heavy atom. The lowest BCUT2D eigenvalue weighted by molar-refractivity contribution is -0.131. The van der Waals surface area contributed by atoms with E-state index in [2.05, 4.69) is 0 Å². The van der Waals surface area contributed by atoms with E-state index in [1.165, 1.54) is 0 Å². The number of rotatable bonds is 7. The van der Waals surface area contributed by atoms with Crippen LogP contribution in [-0.2, 0) is 11.2 Å². The van der Waals surface area contributed by atoms with Crippen LogP contribution in [0.4, 0.5) is 0 Å². The van der Waals surface area contributed by atoms with Crippen molar-refractivity contribution in [3.63, 3.8) is 0 Å². The van der Waals surface area contributed by atoms with Crippen LogP contribution in [0.3, 0.4) is 0 Å². The van der Waals surface area contributed by atoms with E-state index in [9.17, 15) is 9.59 Å². The lowest BCUT2D eigenvalue weighted by Gasteiger charge is -2.10. The molecule has 3 nitrogen and oxygen atoms in total. The number of hydrogen-bond donors (Lipinski definition) is 1. The fourth-order valence-corrected chi connectivity index (χ4v) is 2.68. The summed E-state index contributed by atoms with van der Waals surface area (Å²) in [4.78, 5) is 23.1. The Morgan fingerprint density at radius 1 is 1.12 bits per heavy atom. The quantitative estimate of drug-likeness (QED) is 0.445. The summed E-state index contributed by atoms with van der Waals surface area (Å²) in [5.74, 6) is -0.946. The molecule has 0 amide bonds. The molecule has 0 heterocycles. The molecule has 24 heavy (non-hydrogen) atoms. The second kappa shape index (κ2) is 8.46. The Bertz CT molecular complexity index is 761. The Kier molecular flexibility index (Phi) is 6.33. The number of halogens is 1. The molecular formula is C20H19ClO3. The minimum Gasteiger partial charge on any atom is -0.478 e. The van der Waals surface area contributed by atoms with Crippen LogP contribution in [0.15, 0.2) is 54.6 Å². The molecule has 0 unspecified atom stereocenters. The third-order valence-electron chi connectivity index (χ3n) is 3.87. The van der Waals surface area contributed by atoms with E-state index in [1.54, 1.807) is 30.3 Å². The lowest BCUT2D eigenvalue weighted by Crippen LogP contribution is -2.05. The number of carboxylic acids is 1. The van der Waals surface area contributed by atoms with Crippen LogP contribution < -0.4 is 0 Å². The topological polar surface area (TPSA) is 54.4 Å². The highest BCUT2D eigenvalue weighted by Gasteiger charge is 2.13. The molecular weight excluding hydrogens is 324 g/mol. The maximum Gasteiger partial charge on any atom is 0.327 e. The summed E-state index contributed by atoms with van der Waals surface area (Å²) >= 11 is 5.87. The van der Waals surface area contributed by atoms with Gasteiger partial charge in [0.15, 0.2) is 5.78 Å². The molecule has 0 saturated heterocycles. The second-order valence-electron chi connectivity index (χ2n) is 5.56. The minimum absolute atomic E-state index is 0.0169. The van der Waals surface area contributed by atoms with E-state index in [0.717, 1.165) is 30.0 Å². The first-order chi connectivity index (χ1) is 11.5. The fourth-order valence-electron chi connectivity index (χ4n) is 2.55. The number of ketones is 1. The number of carbonyl (C=O) groups excluding carboxylic acids is 1. The second-order valence-corrected chi connectivity index (χ2v) is 5.99. The summed E-state index contributed by atoms with van der Waals surface area (Å²) in [5.41, 5.74) is 3.39. The molecule has 0 aliphatic rings. The average molecular weight is 343 g/mol. The number of carboxylic acid groups (broad SMARTS) is 1. The van der Waals surface area contributed by atoms with Gasteiger partial charge in [0.25, 0.3) is 0 Å². The molecule has 2 rings (SSSR count). The number of allylic oxidation sites excluding steroid dienone is 1. The van der Waals surface area contributed by atoms with Gasteiger partial charge in [-0.1, -0.05) is 35.9 Å². The molecule has 0 aliphatic heterocycles. The molecule has 0 saturated carbocycles. The summed E-state index contributed by atoms with van der Waals surface area (Å²) in [7, 11) is 0. The molecule has 0 aliphatic carbocycles. The highest BCUT2D eigenvalue weighted by atomic mass is 35.5. The normalized spacial score (nSPS) is 10.9. The molecule has 0 atom stereocenters. The molecule has 0 spiro atoms. The molecule has 0 fully saturated rings. The molecule has 2 aromatic rings. The van der Waals surface area contributed by atoms with Crippen LogP contribution in [0.1, 0.15) is 39.9 Å². The van der Waals surface area contributed by atoms with Crippen LogP contribution >= 0.6 is 11.6 Å². The van der Waals surface area contributed by atoms with Gasteiger partial charge in [-0.25, -0.2) is 4.79 Å². The lowest BCUT2D eigenvalue weighted by atomic mass is 9.93. The van der Waals surface area contributed by atoms with Gasteiger partial charge in [0.2, 0.25) is 0 Å². The van der Waals surface area contributed by atoms with E-state index in [0.29, 0.717) is 22.6 Å². The number of aryl methyl sites for hydroxylation is 1. The van der Waals surface area contributed by atoms with E-state index in [4.69, 9.17) is 16.7 Å². The summed E-state index contributed by atoms with van der Waals surface area (Å²) in [6.07, 6.45) is 5.15. The zero-order chi connectivity index (χ0) is 17.5. The maximum absolute atomic E-state index is 12.7. The summed E-state index contributed by atoms with van der Waals surface area (Å²) in [5, 5.41) is 9.17. The molecule has 2 aromatic carbocycles. The SMILES string of the molecule is Cc1c(CCCC=CC(=O)O)cccc1C(=O)c1ccc(Cl)cc1. The molecule has 1 N–H and O–H groups in total. The van der Waals surface area contributed by atoms with Crippen molar-refractivity contribution in [3.05, 3.63) is 81.9 Å². The van der Waals surface area contributed by atoms with Crippen molar-refractivity contribution in [3.8, 4) is 0 Å². The summed E-state index contributed by atoms with van der Waals surface area (Å²) in [6, 6.07) is 12.6. The highest BCUT2D eigenvalue weighted by molar-refractivity contribution is 6.30. The monoisotopic (exact) mass is 342 g/mol. The predicted octanol–water partition coefficient (Wildman–Crippen LogP) is 4.84. The van der Waals surface area contributed by atoms with Gasteiger partial charge in [0.1, 0.15) is 0 Å². The summed E-state index contributed by atoms with van der Waals surface area (Å²) in [6.45, 7) is 1.95. The van der Waals surface area contributed by atoms with Gasteiger partial charge >= 0.3 is 5.97 Å². The number of benzene rings is 2. The van der Waals surface area contributed by atoms with Gasteiger partial charge in [0.05, 0.1) is 0 Å². The van der Waals surface area contributed by atoms with Gasteiger partial charge in [-0.3, -0.25) is 4.79 Å². The fraction of sp³-hybridized carbons (Fsp3) is 0.200. The van der Waals surface area contributed by atoms with Gasteiger partial charge in [-0.05, 0) is 61.6 Å². The third kappa shape index (κ3) is 4.80. The van der Waals surface area contributed by atoms with E-state index in [-0.39, 0.29) is 5.78 Å². The average Bonchev–Trinajstić information content (AvgIpc) is 2.56. The van der Waals surface area contributed by atoms with Crippen molar-refractivity contribution in [1.29, 1.82) is 0 Å². The number of hydrogen-bond acceptors (Lipinski definition) is 2. The third-order valence-corrected chi connectivity index (χ3v) is 4.13. The van der Waals surface area contributed by atoms with Crippen molar-refractivity contribution in [1.82, 2.24) is 0 Å². The Balaban J connectivity index is 2.11. The van der Waals surface area contributed by atoms with Gasteiger partial charge < -0.3 is 5.11 Å². The van der Waals surface area contributed by atoms with Crippen LogP contribution in [0.2, 0.25) is 5.02 Å². The van der Waals surface area contributed by atoms with Gasteiger partial charge in [-0.2, -0.15) is 0 Å². The van der Waals surface area contributed by atoms with E-state index >= 15 is 0 Å². The standard InChI is InChI=1S/C20H19ClO3/c1-14-15(6-3-2-4-9-19(22)23)7-5-8-18(14)20(24)16-10-12-17(21)13-11-16/h4-5,7-13H,2-3,6H2,1H3,(H,22,23). The number of unbranched alkanes of at least 4 members (excludes halogenated alkanes) is 1. The van der Waals surface area contributed by atoms with Crippen LogP contribution in [-0.4, -0.2) is 16.9 Å². The summed E-state index contributed by atoms with van der Waals surface area (Å²) < 4.78 is 0. The van der Waals surface area contributed by atoms with Crippen LogP contribution in [0.25, 0.3) is 0 Å². The molecule has 0 bridgehead atoms. The van der Waals surface area contributed by atoms with Crippen molar-refractivity contribution < 1.29 is 14.7 Å². The van der Waals surface area contributed by atoms with Gasteiger partial charge in [0, 0.05) is 22.2 Å².